The molecule has 0 aliphatic carbocycles. The van der Waals surface area contributed by atoms with Crippen molar-refractivity contribution in [2.45, 2.75) is 39.2 Å². The highest BCUT2D eigenvalue weighted by atomic mass is 16.5. The summed E-state index contributed by atoms with van der Waals surface area (Å²) in [5.41, 5.74) is 0. The Morgan fingerprint density at radius 1 is 1.50 bits per heavy atom. The van der Waals surface area contributed by atoms with Gasteiger partial charge in [0.15, 0.2) is 0 Å². The Labute approximate surface area is 75.7 Å². The highest BCUT2D eigenvalue weighted by Gasteiger charge is 2.21. The van der Waals surface area contributed by atoms with Crippen LogP contribution in [0.25, 0.3) is 0 Å². The number of hydrogen-bond acceptors (Lipinski definition) is 2. The molecule has 2 unspecified atom stereocenters. The van der Waals surface area contributed by atoms with Crippen molar-refractivity contribution in [3.05, 3.63) is 0 Å². The lowest BCUT2D eigenvalue weighted by molar-refractivity contribution is -0.0126. The zero-order valence-corrected chi connectivity index (χ0v) is 8.31. The number of rotatable bonds is 4. The second-order valence-electron chi connectivity index (χ2n) is 3.57. The van der Waals surface area contributed by atoms with Gasteiger partial charge < -0.3 is 10.1 Å². The molecule has 1 rings (SSSR count). The van der Waals surface area contributed by atoms with E-state index in [1.54, 1.807) is 0 Å². The van der Waals surface area contributed by atoms with Gasteiger partial charge in [-0.1, -0.05) is 26.7 Å². The third-order valence-corrected chi connectivity index (χ3v) is 2.67. The van der Waals surface area contributed by atoms with Crippen molar-refractivity contribution in [1.82, 2.24) is 5.32 Å². The maximum Gasteiger partial charge on any atom is 0.0728 e. The van der Waals surface area contributed by atoms with E-state index in [9.17, 15) is 0 Å². The number of morpholine rings is 1. The summed E-state index contributed by atoms with van der Waals surface area (Å²) in [5.74, 6) is 0.766. The van der Waals surface area contributed by atoms with Crippen LogP contribution in [0.2, 0.25) is 0 Å². The second kappa shape index (κ2) is 5.55. The Bertz CT molecular complexity index is 108. The molecule has 2 atom stereocenters. The van der Waals surface area contributed by atoms with E-state index in [4.69, 9.17) is 4.74 Å². The predicted molar refractivity (Wildman–Crippen MR) is 51.3 cm³/mol. The summed E-state index contributed by atoms with van der Waals surface area (Å²) < 4.78 is 5.72. The molecule has 0 spiro atoms. The Balaban J connectivity index is 2.29. The minimum atomic E-state index is 0.476. The van der Waals surface area contributed by atoms with Crippen LogP contribution in [0.15, 0.2) is 0 Å². The van der Waals surface area contributed by atoms with E-state index in [2.05, 4.69) is 19.2 Å². The minimum absolute atomic E-state index is 0.476. The smallest absolute Gasteiger partial charge is 0.0728 e. The molecule has 0 aromatic heterocycles. The maximum atomic E-state index is 5.72. The molecule has 0 aromatic rings. The van der Waals surface area contributed by atoms with Gasteiger partial charge in [-0.3, -0.25) is 0 Å². The van der Waals surface area contributed by atoms with Gasteiger partial charge in [0, 0.05) is 13.1 Å². The zero-order valence-electron chi connectivity index (χ0n) is 8.31. The van der Waals surface area contributed by atoms with E-state index in [1.165, 1.54) is 19.3 Å². The molecule has 1 fully saturated rings. The number of ether oxygens (including phenoxy) is 1. The molecule has 1 heterocycles. The SMILES string of the molecule is CCCC(CC)C1CNCCO1. The number of hydrogen-bond donors (Lipinski definition) is 1. The highest BCUT2D eigenvalue weighted by molar-refractivity contribution is 4.74. The number of nitrogens with one attached hydrogen (secondary N) is 1. The van der Waals surface area contributed by atoms with Crippen LogP contribution in [-0.4, -0.2) is 25.8 Å². The molecule has 2 nitrogen and oxygen atoms in total. The van der Waals surface area contributed by atoms with Gasteiger partial charge >= 0.3 is 0 Å². The van der Waals surface area contributed by atoms with Crippen molar-refractivity contribution >= 4 is 0 Å². The van der Waals surface area contributed by atoms with Crippen LogP contribution in [0, 0.1) is 5.92 Å². The molecule has 1 aliphatic rings. The zero-order chi connectivity index (χ0) is 8.81. The second-order valence-corrected chi connectivity index (χ2v) is 3.57. The van der Waals surface area contributed by atoms with Gasteiger partial charge in [0.1, 0.15) is 0 Å². The molecule has 1 N–H and O–H groups in total. The van der Waals surface area contributed by atoms with E-state index >= 15 is 0 Å². The quantitative estimate of drug-likeness (QED) is 0.696. The lowest BCUT2D eigenvalue weighted by Gasteiger charge is -2.30. The third kappa shape index (κ3) is 2.76. The first-order valence-electron chi connectivity index (χ1n) is 5.20. The van der Waals surface area contributed by atoms with Gasteiger partial charge in [0.05, 0.1) is 12.7 Å². The van der Waals surface area contributed by atoms with E-state index in [0.29, 0.717) is 6.10 Å². The van der Waals surface area contributed by atoms with Crippen LogP contribution < -0.4 is 5.32 Å². The van der Waals surface area contributed by atoms with Crippen LogP contribution in [0.1, 0.15) is 33.1 Å². The van der Waals surface area contributed by atoms with Gasteiger partial charge in [-0.25, -0.2) is 0 Å². The fraction of sp³-hybridized carbons (Fsp3) is 1.00. The molecule has 1 saturated heterocycles. The van der Waals surface area contributed by atoms with Crippen molar-refractivity contribution in [3.8, 4) is 0 Å². The normalized spacial score (nSPS) is 27.0. The summed E-state index contributed by atoms with van der Waals surface area (Å²) in [6, 6.07) is 0. The van der Waals surface area contributed by atoms with Crippen molar-refractivity contribution in [1.29, 1.82) is 0 Å². The van der Waals surface area contributed by atoms with Crippen molar-refractivity contribution in [2.24, 2.45) is 5.92 Å². The fourth-order valence-electron chi connectivity index (χ4n) is 1.91. The van der Waals surface area contributed by atoms with Crippen LogP contribution in [-0.2, 0) is 4.74 Å². The van der Waals surface area contributed by atoms with Gasteiger partial charge in [-0.15, -0.1) is 0 Å². The minimum Gasteiger partial charge on any atom is -0.375 e. The van der Waals surface area contributed by atoms with Crippen LogP contribution in [0.5, 0.6) is 0 Å². The molecule has 0 bridgehead atoms. The first-order valence-corrected chi connectivity index (χ1v) is 5.20. The molecule has 0 amide bonds. The average Bonchev–Trinajstić information content (AvgIpc) is 2.15. The Morgan fingerprint density at radius 2 is 2.33 bits per heavy atom. The van der Waals surface area contributed by atoms with Gasteiger partial charge in [-0.2, -0.15) is 0 Å². The molecule has 72 valence electrons. The Hall–Kier alpha value is -0.0800. The molecule has 2 heteroatoms. The third-order valence-electron chi connectivity index (χ3n) is 2.67. The Morgan fingerprint density at radius 3 is 2.83 bits per heavy atom. The molecule has 0 radical (unpaired) electrons. The summed E-state index contributed by atoms with van der Waals surface area (Å²) in [4.78, 5) is 0. The lowest BCUT2D eigenvalue weighted by atomic mass is 9.93. The van der Waals surface area contributed by atoms with Gasteiger partial charge in [0.2, 0.25) is 0 Å². The summed E-state index contributed by atoms with van der Waals surface area (Å²) in [6.45, 7) is 7.49. The van der Waals surface area contributed by atoms with Crippen molar-refractivity contribution in [3.63, 3.8) is 0 Å². The van der Waals surface area contributed by atoms with E-state index in [-0.39, 0.29) is 0 Å². The molecule has 0 saturated carbocycles. The predicted octanol–water partition coefficient (Wildman–Crippen LogP) is 1.80. The van der Waals surface area contributed by atoms with Gasteiger partial charge in [-0.05, 0) is 12.3 Å². The first-order chi connectivity index (χ1) is 5.88. The van der Waals surface area contributed by atoms with Crippen LogP contribution in [0.4, 0.5) is 0 Å². The summed E-state index contributed by atoms with van der Waals surface area (Å²) in [6.07, 6.45) is 4.31. The maximum absolute atomic E-state index is 5.72. The highest BCUT2D eigenvalue weighted by Crippen LogP contribution is 2.19. The summed E-state index contributed by atoms with van der Waals surface area (Å²) in [7, 11) is 0. The standard InChI is InChI=1S/C10H21NO/c1-3-5-9(4-2)10-8-11-6-7-12-10/h9-11H,3-8H2,1-2H3. The van der Waals surface area contributed by atoms with Crippen molar-refractivity contribution in [2.75, 3.05) is 19.7 Å². The van der Waals surface area contributed by atoms with Gasteiger partial charge in [0.25, 0.3) is 0 Å². The molecule has 0 aromatic carbocycles. The first kappa shape index (κ1) is 10.0. The summed E-state index contributed by atoms with van der Waals surface area (Å²) in [5, 5.41) is 3.38. The van der Waals surface area contributed by atoms with E-state index in [1.807, 2.05) is 0 Å². The topological polar surface area (TPSA) is 21.3 Å². The van der Waals surface area contributed by atoms with E-state index < -0.39 is 0 Å². The van der Waals surface area contributed by atoms with Crippen LogP contribution in [0.3, 0.4) is 0 Å². The summed E-state index contributed by atoms with van der Waals surface area (Å²) >= 11 is 0. The van der Waals surface area contributed by atoms with E-state index in [0.717, 1.165) is 25.6 Å². The van der Waals surface area contributed by atoms with Crippen molar-refractivity contribution < 1.29 is 4.74 Å². The largest absolute Gasteiger partial charge is 0.375 e. The molecule has 1 aliphatic heterocycles. The molecule has 12 heavy (non-hydrogen) atoms. The monoisotopic (exact) mass is 171 g/mol. The average molecular weight is 171 g/mol. The lowest BCUT2D eigenvalue weighted by Crippen LogP contribution is -2.42. The molecular formula is C10H21NO. The fourth-order valence-corrected chi connectivity index (χ4v) is 1.91. The molecular weight excluding hydrogens is 150 g/mol. The Kier molecular flexibility index (Phi) is 4.62. The van der Waals surface area contributed by atoms with Crippen LogP contribution >= 0.6 is 0 Å².